The van der Waals surface area contributed by atoms with E-state index in [0.29, 0.717) is 25.1 Å². The molecule has 0 atom stereocenters. The second-order valence-electron chi connectivity index (χ2n) is 6.35. The first-order chi connectivity index (χ1) is 13.0. The smallest absolute Gasteiger partial charge is 0.271 e. The first-order valence-corrected chi connectivity index (χ1v) is 10.9. The maximum atomic E-state index is 12.4. The minimum atomic E-state index is -3.58. The van der Waals surface area contributed by atoms with Crippen molar-refractivity contribution in [1.82, 2.24) is 0 Å². The monoisotopic (exact) mass is 398 g/mol. The Morgan fingerprint density at radius 2 is 1.81 bits per heavy atom. The molecule has 3 aromatic rings. The summed E-state index contributed by atoms with van der Waals surface area (Å²) in [5.41, 5.74) is 3.38. The zero-order valence-corrected chi connectivity index (χ0v) is 16.1. The van der Waals surface area contributed by atoms with Crippen molar-refractivity contribution in [1.29, 1.82) is 0 Å². The van der Waals surface area contributed by atoms with E-state index in [-0.39, 0.29) is 10.1 Å². The van der Waals surface area contributed by atoms with Crippen LogP contribution in [0.25, 0.3) is 0 Å². The molecule has 1 aromatic heterocycles. The lowest BCUT2D eigenvalue weighted by Crippen LogP contribution is -2.34. The van der Waals surface area contributed by atoms with Crippen LogP contribution in [0.5, 0.6) is 0 Å². The number of nitrogens with one attached hydrogen (secondary N) is 1. The van der Waals surface area contributed by atoms with Crippen LogP contribution in [0.2, 0.25) is 0 Å². The Hall–Kier alpha value is -2.64. The third-order valence-corrected chi connectivity index (χ3v) is 7.25. The minimum Gasteiger partial charge on any atom is -0.308 e. The molecule has 0 radical (unpaired) electrons. The molecular weight excluding hydrogens is 380 g/mol. The predicted molar refractivity (Wildman–Crippen MR) is 108 cm³/mol. The standard InChI is InChI=1S/C20H18N2O3S2/c23-19-11-8-16-13-17(21-27(24,25)20-7-4-12-26-20)9-10-18(16)22(19)14-15-5-2-1-3-6-15/h1-7,9-10,12-13,21H,8,11,14H2. The number of sulfonamides is 1. The maximum absolute atomic E-state index is 12.4. The number of benzene rings is 2. The number of nitrogens with zero attached hydrogens (tertiary/aromatic N) is 1. The first kappa shape index (κ1) is 17.8. The molecule has 27 heavy (non-hydrogen) atoms. The molecule has 0 fully saturated rings. The van der Waals surface area contributed by atoms with Crippen LogP contribution in [0.1, 0.15) is 17.5 Å². The van der Waals surface area contributed by atoms with Gasteiger partial charge in [-0.3, -0.25) is 9.52 Å². The van der Waals surface area contributed by atoms with Crippen LogP contribution in [0, 0.1) is 0 Å². The van der Waals surface area contributed by atoms with Crippen LogP contribution in [0.15, 0.2) is 70.3 Å². The van der Waals surface area contributed by atoms with Gasteiger partial charge >= 0.3 is 0 Å². The van der Waals surface area contributed by atoms with Crippen LogP contribution in [-0.2, 0) is 27.8 Å². The van der Waals surface area contributed by atoms with Crippen LogP contribution in [-0.4, -0.2) is 14.3 Å². The molecule has 138 valence electrons. The average molecular weight is 399 g/mol. The summed E-state index contributed by atoms with van der Waals surface area (Å²) in [7, 11) is -3.58. The van der Waals surface area contributed by atoms with Crippen LogP contribution < -0.4 is 9.62 Å². The molecule has 0 aliphatic carbocycles. The Morgan fingerprint density at radius 3 is 2.56 bits per heavy atom. The topological polar surface area (TPSA) is 66.5 Å². The number of hydrogen-bond acceptors (Lipinski definition) is 4. The fourth-order valence-corrected chi connectivity index (χ4v) is 5.23. The van der Waals surface area contributed by atoms with Gasteiger partial charge in [0.15, 0.2) is 0 Å². The summed E-state index contributed by atoms with van der Waals surface area (Å²) in [5, 5.41) is 1.73. The van der Waals surface area contributed by atoms with Crippen molar-refractivity contribution in [2.75, 3.05) is 9.62 Å². The van der Waals surface area contributed by atoms with E-state index in [1.807, 2.05) is 42.5 Å². The molecule has 7 heteroatoms. The van der Waals surface area contributed by atoms with Gasteiger partial charge in [0.25, 0.3) is 10.0 Å². The molecule has 2 aromatic carbocycles. The zero-order valence-electron chi connectivity index (χ0n) is 14.5. The molecule has 1 aliphatic rings. The largest absolute Gasteiger partial charge is 0.308 e. The Kier molecular flexibility index (Phi) is 4.72. The second-order valence-corrected chi connectivity index (χ2v) is 9.20. The number of rotatable bonds is 5. The molecule has 0 unspecified atom stereocenters. The Labute approximate surface area is 162 Å². The van der Waals surface area contributed by atoms with Gasteiger partial charge in [-0.2, -0.15) is 0 Å². The van der Waals surface area contributed by atoms with Gasteiger partial charge in [0.05, 0.1) is 6.54 Å². The van der Waals surface area contributed by atoms with Crippen molar-refractivity contribution >= 4 is 38.6 Å². The van der Waals surface area contributed by atoms with Gasteiger partial charge in [0, 0.05) is 17.8 Å². The maximum Gasteiger partial charge on any atom is 0.271 e. The number of aryl methyl sites for hydroxylation is 1. The average Bonchev–Trinajstić information content (AvgIpc) is 3.20. The lowest BCUT2D eigenvalue weighted by molar-refractivity contribution is -0.119. The molecule has 0 saturated carbocycles. The van der Waals surface area contributed by atoms with Gasteiger partial charge in [-0.15, -0.1) is 11.3 Å². The Balaban J connectivity index is 1.61. The highest BCUT2D eigenvalue weighted by molar-refractivity contribution is 7.94. The number of carbonyl (C=O) groups is 1. The molecule has 0 bridgehead atoms. The van der Waals surface area contributed by atoms with Crippen molar-refractivity contribution in [2.45, 2.75) is 23.6 Å². The summed E-state index contributed by atoms with van der Waals surface area (Å²) in [4.78, 5) is 14.2. The lowest BCUT2D eigenvalue weighted by atomic mass is 10.00. The van der Waals surface area contributed by atoms with Crippen molar-refractivity contribution in [3.05, 3.63) is 77.2 Å². The normalized spacial score (nSPS) is 14.1. The van der Waals surface area contributed by atoms with E-state index in [2.05, 4.69) is 4.72 Å². The van der Waals surface area contributed by atoms with Crippen molar-refractivity contribution in [3.8, 4) is 0 Å². The van der Waals surface area contributed by atoms with E-state index in [0.717, 1.165) is 16.8 Å². The first-order valence-electron chi connectivity index (χ1n) is 8.56. The molecule has 1 N–H and O–H groups in total. The summed E-state index contributed by atoms with van der Waals surface area (Å²) in [6.07, 6.45) is 1.02. The Morgan fingerprint density at radius 1 is 1.00 bits per heavy atom. The lowest BCUT2D eigenvalue weighted by Gasteiger charge is -2.30. The molecule has 0 saturated heterocycles. The number of hydrogen-bond donors (Lipinski definition) is 1. The number of thiophene rings is 1. The molecule has 4 rings (SSSR count). The van der Waals surface area contributed by atoms with Crippen LogP contribution in [0.4, 0.5) is 11.4 Å². The summed E-state index contributed by atoms with van der Waals surface area (Å²) >= 11 is 1.18. The van der Waals surface area contributed by atoms with E-state index in [1.165, 1.54) is 11.3 Å². The van der Waals surface area contributed by atoms with Crippen molar-refractivity contribution in [3.63, 3.8) is 0 Å². The molecular formula is C20H18N2O3S2. The third kappa shape index (κ3) is 3.74. The zero-order chi connectivity index (χ0) is 18.9. The van der Waals surface area contributed by atoms with Gasteiger partial charge in [0.1, 0.15) is 4.21 Å². The van der Waals surface area contributed by atoms with E-state index in [4.69, 9.17) is 0 Å². The van der Waals surface area contributed by atoms with E-state index >= 15 is 0 Å². The summed E-state index contributed by atoms with van der Waals surface area (Å²) in [6, 6.07) is 18.5. The molecule has 2 heterocycles. The molecule has 5 nitrogen and oxygen atoms in total. The minimum absolute atomic E-state index is 0.0817. The van der Waals surface area contributed by atoms with Gasteiger partial charge in [-0.1, -0.05) is 36.4 Å². The highest BCUT2D eigenvalue weighted by Crippen LogP contribution is 2.32. The Bertz CT molecular complexity index is 1060. The van der Waals surface area contributed by atoms with E-state index in [1.54, 1.807) is 28.5 Å². The fourth-order valence-electron chi connectivity index (χ4n) is 3.18. The highest BCUT2D eigenvalue weighted by atomic mass is 32.2. The van der Waals surface area contributed by atoms with E-state index < -0.39 is 10.0 Å². The highest BCUT2D eigenvalue weighted by Gasteiger charge is 2.25. The third-order valence-electron chi connectivity index (χ3n) is 4.48. The molecule has 1 aliphatic heterocycles. The molecule has 0 spiro atoms. The predicted octanol–water partition coefficient (Wildman–Crippen LogP) is 4.03. The van der Waals surface area contributed by atoms with Gasteiger partial charge in [0.2, 0.25) is 5.91 Å². The summed E-state index contributed by atoms with van der Waals surface area (Å²) in [5.74, 6) is 0.0817. The van der Waals surface area contributed by atoms with Gasteiger partial charge < -0.3 is 4.90 Å². The SMILES string of the molecule is O=C1CCc2cc(NS(=O)(=O)c3cccs3)ccc2N1Cc1ccccc1. The number of anilines is 2. The second kappa shape index (κ2) is 7.17. The van der Waals surface area contributed by atoms with Gasteiger partial charge in [-0.05, 0) is 47.2 Å². The summed E-state index contributed by atoms with van der Waals surface area (Å²) < 4.78 is 27.8. The number of fused-ring (bicyclic) bond motifs is 1. The van der Waals surface area contributed by atoms with E-state index in [9.17, 15) is 13.2 Å². The van der Waals surface area contributed by atoms with Crippen molar-refractivity contribution < 1.29 is 13.2 Å². The number of carbonyl (C=O) groups excluding carboxylic acids is 1. The van der Waals surface area contributed by atoms with Crippen molar-refractivity contribution in [2.24, 2.45) is 0 Å². The fraction of sp³-hybridized carbons (Fsp3) is 0.150. The number of amides is 1. The van der Waals surface area contributed by atoms with Crippen LogP contribution >= 0.6 is 11.3 Å². The summed E-state index contributed by atoms with van der Waals surface area (Å²) in [6.45, 7) is 0.507. The quantitative estimate of drug-likeness (QED) is 0.706. The van der Waals surface area contributed by atoms with Crippen LogP contribution in [0.3, 0.4) is 0 Å². The van der Waals surface area contributed by atoms with Gasteiger partial charge in [-0.25, -0.2) is 8.42 Å². The molecule has 1 amide bonds.